The molecule has 0 aromatic carbocycles. The van der Waals surface area contributed by atoms with Gasteiger partial charge in [-0.25, -0.2) is 0 Å². The Morgan fingerprint density at radius 3 is 0.750 bits per heavy atom. The van der Waals surface area contributed by atoms with Gasteiger partial charge in [-0.2, -0.15) is 0 Å². The third-order valence-electron chi connectivity index (χ3n) is 0. The molecule has 0 atom stereocenters. The Kier molecular flexibility index (Phi) is 11.4. The maximum absolute atomic E-state index is 8.81. The van der Waals surface area contributed by atoms with Gasteiger partial charge in [0.25, 0.3) is 0 Å². The Morgan fingerprint density at radius 2 is 0.750 bits per heavy atom. The standard InChI is InChI=1S/4H2O.2O.2Ti/h4*1H2;;;;/q;;;;;;2*+2/p-4. The molecule has 0 rings (SSSR count). The van der Waals surface area contributed by atoms with Crippen molar-refractivity contribution in [2.24, 2.45) is 0 Å². The zero-order valence-electron chi connectivity index (χ0n) is 3.61. The van der Waals surface area contributed by atoms with Gasteiger partial charge < -0.3 is 0 Å². The first-order valence-electron chi connectivity index (χ1n) is 1.30. The molecule has 8 heteroatoms. The van der Waals surface area contributed by atoms with Crippen LogP contribution in [-0.2, 0) is 43.9 Å². The molecule has 0 amide bonds. The van der Waals surface area contributed by atoms with Gasteiger partial charge in [-0.15, -0.1) is 0 Å². The average Bonchev–Trinajstić information content (AvgIpc) is 1.25. The summed E-state index contributed by atoms with van der Waals surface area (Å²) in [6.07, 6.45) is 0. The Bertz CT molecular complexity index is 64.5. The van der Waals surface area contributed by atoms with Gasteiger partial charge in [0.1, 0.15) is 0 Å². The van der Waals surface area contributed by atoms with E-state index in [0.29, 0.717) is 0 Å². The van der Waals surface area contributed by atoms with Crippen LogP contribution in [0.4, 0.5) is 0 Å². The summed E-state index contributed by atoms with van der Waals surface area (Å²) in [6, 6.07) is 0. The van der Waals surface area contributed by atoms with Crippen molar-refractivity contribution < 1.29 is 58.6 Å². The summed E-state index contributed by atoms with van der Waals surface area (Å²) in [5, 5.41) is 0. The summed E-state index contributed by atoms with van der Waals surface area (Å²) < 4.78 is 46.5. The third kappa shape index (κ3) is 314. The van der Waals surface area contributed by atoms with Crippen LogP contribution in [-0.4, -0.2) is 14.8 Å². The van der Waals surface area contributed by atoms with Crippen LogP contribution >= 0.6 is 0 Å². The summed E-state index contributed by atoms with van der Waals surface area (Å²) in [5.74, 6) is 0. The predicted octanol–water partition coefficient (Wildman–Crippen LogP) is -2.47. The minimum atomic E-state index is -3.58. The van der Waals surface area contributed by atoms with Crippen molar-refractivity contribution in [1.82, 2.24) is 0 Å². The fourth-order valence-electron chi connectivity index (χ4n) is 0. The first kappa shape index (κ1) is 11.6. The third-order valence-corrected chi connectivity index (χ3v) is 0. The first-order chi connectivity index (χ1) is 3.46. The second-order valence-electron chi connectivity index (χ2n) is 0.565. The van der Waals surface area contributed by atoms with E-state index in [4.69, 9.17) is 21.4 Å². The van der Waals surface area contributed by atoms with Gasteiger partial charge in [0.15, 0.2) is 0 Å². The van der Waals surface area contributed by atoms with Crippen molar-refractivity contribution in [3.63, 3.8) is 0 Å². The molecule has 8 heavy (non-hydrogen) atoms. The predicted molar refractivity (Wildman–Crippen MR) is 10.2 cm³/mol. The van der Waals surface area contributed by atoms with E-state index in [9.17, 15) is 0 Å². The quantitative estimate of drug-likeness (QED) is 0.319. The molecule has 4 N–H and O–H groups in total. The molecule has 0 radical (unpaired) electrons. The number of rotatable bonds is 0. The molecule has 0 bridgehead atoms. The van der Waals surface area contributed by atoms with Crippen molar-refractivity contribution in [3.05, 3.63) is 0 Å². The molecule has 0 aromatic rings. The van der Waals surface area contributed by atoms with Crippen molar-refractivity contribution in [3.8, 4) is 0 Å². The van der Waals surface area contributed by atoms with Crippen LogP contribution in [0.25, 0.3) is 0 Å². The van der Waals surface area contributed by atoms with E-state index in [0.717, 1.165) is 0 Å². The van der Waals surface area contributed by atoms with Crippen LogP contribution in [0.1, 0.15) is 0 Å². The molecule has 0 fully saturated rings. The monoisotopic (exact) mass is 196 g/mol. The first-order valence-corrected chi connectivity index (χ1v) is 5.37. The zero-order chi connectivity index (χ0) is 7.15. The van der Waals surface area contributed by atoms with Gasteiger partial charge >= 0.3 is 58.6 Å². The van der Waals surface area contributed by atoms with E-state index < -0.39 is 37.2 Å². The van der Waals surface area contributed by atoms with Crippen LogP contribution in [0.2, 0.25) is 0 Å². The Morgan fingerprint density at radius 1 is 0.750 bits per heavy atom. The summed E-state index contributed by atoms with van der Waals surface area (Å²) in [6.45, 7) is 0. The molecule has 0 aliphatic carbocycles. The van der Waals surface area contributed by atoms with Gasteiger partial charge in [0.2, 0.25) is 0 Å². The van der Waals surface area contributed by atoms with Crippen LogP contribution in [0, 0.1) is 0 Å². The van der Waals surface area contributed by atoms with Gasteiger partial charge in [0.05, 0.1) is 0 Å². The Hall–Kier alpha value is 0.869. The normalized spacial score (nSPS) is 6.50. The molecule has 0 aliphatic rings. The van der Waals surface area contributed by atoms with Gasteiger partial charge in [0, 0.05) is 0 Å². The second kappa shape index (κ2) is 7.87. The molecule has 6 nitrogen and oxygen atoms in total. The minimum absolute atomic E-state index is 3.58. The van der Waals surface area contributed by atoms with Crippen molar-refractivity contribution >= 4 is 0 Å². The SMILES string of the molecule is [O]=[Ti]([OH])[OH].[O]=[Ti]([OH])[OH]. The zero-order valence-corrected chi connectivity index (χ0v) is 6.73. The van der Waals surface area contributed by atoms with E-state index >= 15 is 0 Å². The molecule has 48 valence electrons. The van der Waals surface area contributed by atoms with Crippen molar-refractivity contribution in [2.45, 2.75) is 0 Å². The topological polar surface area (TPSA) is 115 Å². The van der Waals surface area contributed by atoms with E-state index in [-0.39, 0.29) is 0 Å². The van der Waals surface area contributed by atoms with Crippen LogP contribution in [0.5, 0.6) is 0 Å². The number of hydrogen-bond acceptors (Lipinski definition) is 2. The fourth-order valence-corrected chi connectivity index (χ4v) is 0. The van der Waals surface area contributed by atoms with Gasteiger partial charge in [-0.3, -0.25) is 0 Å². The summed E-state index contributed by atoms with van der Waals surface area (Å²) in [7, 11) is 0. The van der Waals surface area contributed by atoms with Gasteiger partial charge in [-0.1, -0.05) is 0 Å². The van der Waals surface area contributed by atoms with Crippen molar-refractivity contribution in [1.29, 1.82) is 0 Å². The molecule has 0 saturated carbocycles. The molecule has 0 spiro atoms. The molecule has 0 saturated heterocycles. The average molecular weight is 196 g/mol. The van der Waals surface area contributed by atoms with E-state index in [1.54, 1.807) is 0 Å². The Labute approximate surface area is 58.6 Å². The van der Waals surface area contributed by atoms with Crippen LogP contribution in [0.15, 0.2) is 0 Å². The summed E-state index contributed by atoms with van der Waals surface area (Å²) in [5.41, 5.74) is 0. The molecular formula is H4O6Ti2. The van der Waals surface area contributed by atoms with Crippen LogP contribution < -0.4 is 0 Å². The molecule has 0 heterocycles. The fraction of sp³-hybridized carbons (Fsp3) is 0. The number of hydrogen-bond donors (Lipinski definition) is 4. The van der Waals surface area contributed by atoms with E-state index in [1.807, 2.05) is 0 Å². The van der Waals surface area contributed by atoms with Crippen molar-refractivity contribution in [2.75, 3.05) is 0 Å². The maximum atomic E-state index is 8.81. The Balaban J connectivity index is 0. The summed E-state index contributed by atoms with van der Waals surface area (Å²) >= 11 is -7.17. The molecule has 0 unspecified atom stereocenters. The summed E-state index contributed by atoms with van der Waals surface area (Å²) in [4.78, 5) is 0. The van der Waals surface area contributed by atoms with E-state index in [1.165, 1.54) is 0 Å². The van der Waals surface area contributed by atoms with E-state index in [2.05, 4.69) is 0 Å². The van der Waals surface area contributed by atoms with Crippen LogP contribution in [0.3, 0.4) is 0 Å². The molecular weight excluding hydrogens is 192 g/mol. The van der Waals surface area contributed by atoms with Gasteiger partial charge in [-0.05, 0) is 0 Å². The molecule has 0 aromatic heterocycles. The molecule has 0 aliphatic heterocycles. The second-order valence-corrected chi connectivity index (χ2v) is 2.33.